The number of hydrogen-bond donors (Lipinski definition) is 1. The SMILES string of the molecule is Cc1nc(S(=O)(=O)Nc2cccc(F)c2)c(C#N)c(C)c1Cl. The topological polar surface area (TPSA) is 82.8 Å². The van der Waals surface area contributed by atoms with Gasteiger partial charge < -0.3 is 0 Å². The Morgan fingerprint density at radius 2 is 2.05 bits per heavy atom. The van der Waals surface area contributed by atoms with Gasteiger partial charge in [0.1, 0.15) is 11.9 Å². The number of aryl methyl sites for hydroxylation is 1. The minimum atomic E-state index is -4.14. The molecule has 114 valence electrons. The molecule has 22 heavy (non-hydrogen) atoms. The lowest BCUT2D eigenvalue weighted by Crippen LogP contribution is -2.17. The molecule has 0 aliphatic carbocycles. The van der Waals surface area contributed by atoms with Crippen molar-refractivity contribution in [3.8, 4) is 6.07 Å². The summed E-state index contributed by atoms with van der Waals surface area (Å²) in [6, 6.07) is 6.77. The van der Waals surface area contributed by atoms with E-state index in [9.17, 15) is 18.1 Å². The first kappa shape index (κ1) is 16.2. The zero-order valence-electron chi connectivity index (χ0n) is 11.7. The summed E-state index contributed by atoms with van der Waals surface area (Å²) in [5.74, 6) is -0.586. The quantitative estimate of drug-likeness (QED) is 0.931. The Kier molecular flexibility index (Phi) is 4.35. The summed E-state index contributed by atoms with van der Waals surface area (Å²) in [5.41, 5.74) is 0.518. The Balaban J connectivity index is 2.58. The van der Waals surface area contributed by atoms with Crippen molar-refractivity contribution in [1.82, 2.24) is 4.98 Å². The second-order valence-corrected chi connectivity index (χ2v) is 6.52. The van der Waals surface area contributed by atoms with Gasteiger partial charge in [0.25, 0.3) is 10.0 Å². The van der Waals surface area contributed by atoms with Crippen molar-refractivity contribution in [2.24, 2.45) is 0 Å². The molecule has 2 rings (SSSR count). The second-order valence-electron chi connectivity index (χ2n) is 4.54. The van der Waals surface area contributed by atoms with E-state index in [0.29, 0.717) is 5.56 Å². The molecule has 0 aliphatic heterocycles. The van der Waals surface area contributed by atoms with Crippen molar-refractivity contribution >= 4 is 27.3 Å². The minimum Gasteiger partial charge on any atom is -0.278 e. The van der Waals surface area contributed by atoms with Gasteiger partial charge in [-0.3, -0.25) is 4.72 Å². The number of hydrogen-bond acceptors (Lipinski definition) is 4. The predicted molar refractivity (Wildman–Crippen MR) is 80.6 cm³/mol. The minimum absolute atomic E-state index is 0.0379. The van der Waals surface area contributed by atoms with Crippen LogP contribution in [0.5, 0.6) is 0 Å². The number of sulfonamides is 1. The third-order valence-corrected chi connectivity index (χ3v) is 4.81. The number of nitrogens with one attached hydrogen (secondary N) is 1. The summed E-state index contributed by atoms with van der Waals surface area (Å²) in [6.07, 6.45) is 0. The van der Waals surface area contributed by atoms with Crippen molar-refractivity contribution in [1.29, 1.82) is 5.26 Å². The maximum absolute atomic E-state index is 13.2. The molecule has 0 unspecified atom stereocenters. The number of benzene rings is 1. The van der Waals surface area contributed by atoms with Gasteiger partial charge in [0, 0.05) is 0 Å². The van der Waals surface area contributed by atoms with E-state index in [2.05, 4.69) is 9.71 Å². The Morgan fingerprint density at radius 1 is 1.36 bits per heavy atom. The highest BCUT2D eigenvalue weighted by Crippen LogP contribution is 2.27. The van der Waals surface area contributed by atoms with Crippen LogP contribution in [0, 0.1) is 31.0 Å². The summed E-state index contributed by atoms with van der Waals surface area (Å²) in [4.78, 5) is 3.90. The van der Waals surface area contributed by atoms with Crippen molar-refractivity contribution in [3.05, 3.63) is 51.9 Å². The summed E-state index contributed by atoms with van der Waals surface area (Å²) in [6.45, 7) is 3.08. The molecule has 5 nitrogen and oxygen atoms in total. The van der Waals surface area contributed by atoms with Crippen molar-refractivity contribution in [2.45, 2.75) is 18.9 Å². The normalized spacial score (nSPS) is 11.0. The molecule has 0 saturated carbocycles. The smallest absolute Gasteiger partial charge is 0.278 e. The van der Waals surface area contributed by atoms with E-state index in [0.717, 1.165) is 6.07 Å². The van der Waals surface area contributed by atoms with Crippen molar-refractivity contribution < 1.29 is 12.8 Å². The summed E-state index contributed by atoms with van der Waals surface area (Å²) < 4.78 is 40.2. The monoisotopic (exact) mass is 339 g/mol. The number of nitriles is 1. The van der Waals surface area contributed by atoms with E-state index in [1.54, 1.807) is 6.07 Å². The second kappa shape index (κ2) is 5.91. The van der Waals surface area contributed by atoms with E-state index in [-0.39, 0.29) is 22.0 Å². The summed E-state index contributed by atoms with van der Waals surface area (Å²) in [7, 11) is -4.14. The molecule has 0 atom stereocenters. The van der Waals surface area contributed by atoms with Crippen LogP contribution in [-0.4, -0.2) is 13.4 Å². The number of aromatic nitrogens is 1. The summed E-state index contributed by atoms with van der Waals surface area (Å²) in [5, 5.41) is 8.99. The number of rotatable bonds is 3. The van der Waals surface area contributed by atoms with Crippen LogP contribution >= 0.6 is 11.6 Å². The largest absolute Gasteiger partial charge is 0.280 e. The standard InChI is InChI=1S/C14H11ClFN3O2S/c1-8-12(7-17)14(18-9(2)13(8)15)22(20,21)19-11-5-3-4-10(16)6-11/h3-6,19H,1-2H3. The predicted octanol–water partition coefficient (Wildman–Crippen LogP) is 3.16. The average Bonchev–Trinajstić information content (AvgIpc) is 2.44. The number of halogens is 2. The third-order valence-electron chi connectivity index (χ3n) is 2.95. The van der Waals surface area contributed by atoms with Gasteiger partial charge in [0.2, 0.25) is 0 Å². The first-order valence-corrected chi connectivity index (χ1v) is 7.97. The zero-order chi connectivity index (χ0) is 16.5. The molecule has 1 aromatic heterocycles. The Hall–Kier alpha value is -2.17. The van der Waals surface area contributed by atoms with Gasteiger partial charge >= 0.3 is 0 Å². The van der Waals surface area contributed by atoms with Gasteiger partial charge in [-0.2, -0.15) is 13.7 Å². The first-order chi connectivity index (χ1) is 10.3. The molecule has 0 spiro atoms. The molecule has 0 amide bonds. The van der Waals surface area contributed by atoms with E-state index in [4.69, 9.17) is 11.6 Å². The maximum Gasteiger partial charge on any atom is 0.280 e. The Labute approximate surface area is 132 Å². The molecule has 2 aromatic rings. The highest BCUT2D eigenvalue weighted by molar-refractivity contribution is 7.92. The molecule has 8 heteroatoms. The lowest BCUT2D eigenvalue weighted by atomic mass is 10.1. The summed E-state index contributed by atoms with van der Waals surface area (Å²) >= 11 is 5.99. The van der Waals surface area contributed by atoms with Crippen LogP contribution in [0.25, 0.3) is 0 Å². The Morgan fingerprint density at radius 3 is 2.64 bits per heavy atom. The zero-order valence-corrected chi connectivity index (χ0v) is 13.3. The molecular formula is C14H11ClFN3O2S. The molecule has 0 saturated heterocycles. The van der Waals surface area contributed by atoms with Gasteiger partial charge in [-0.25, -0.2) is 9.37 Å². The van der Waals surface area contributed by atoms with Crippen LogP contribution in [-0.2, 0) is 10.0 Å². The van der Waals surface area contributed by atoms with Gasteiger partial charge in [-0.05, 0) is 37.6 Å². The van der Waals surface area contributed by atoms with E-state index >= 15 is 0 Å². The van der Waals surface area contributed by atoms with Gasteiger partial charge in [-0.1, -0.05) is 17.7 Å². The van der Waals surface area contributed by atoms with Gasteiger partial charge in [0.05, 0.1) is 22.0 Å². The molecule has 1 N–H and O–H groups in total. The van der Waals surface area contributed by atoms with Crippen LogP contribution in [0.1, 0.15) is 16.8 Å². The van der Waals surface area contributed by atoms with E-state index in [1.165, 1.54) is 32.0 Å². The molecular weight excluding hydrogens is 329 g/mol. The molecule has 1 heterocycles. The lowest BCUT2D eigenvalue weighted by molar-refractivity contribution is 0.596. The number of nitrogens with zero attached hydrogens (tertiary/aromatic N) is 2. The highest BCUT2D eigenvalue weighted by atomic mass is 35.5. The molecule has 0 aliphatic rings. The van der Waals surface area contributed by atoms with Crippen LogP contribution in [0.15, 0.2) is 29.3 Å². The molecule has 0 fully saturated rings. The van der Waals surface area contributed by atoms with Crippen LogP contribution in [0.4, 0.5) is 10.1 Å². The van der Waals surface area contributed by atoms with E-state index in [1.807, 2.05) is 0 Å². The van der Waals surface area contributed by atoms with E-state index < -0.39 is 20.9 Å². The first-order valence-electron chi connectivity index (χ1n) is 6.11. The number of pyridine rings is 1. The maximum atomic E-state index is 13.2. The molecule has 1 aromatic carbocycles. The highest BCUT2D eigenvalue weighted by Gasteiger charge is 2.25. The van der Waals surface area contributed by atoms with Crippen molar-refractivity contribution in [2.75, 3.05) is 4.72 Å². The fourth-order valence-corrected chi connectivity index (χ4v) is 3.28. The van der Waals surface area contributed by atoms with Crippen molar-refractivity contribution in [3.63, 3.8) is 0 Å². The lowest BCUT2D eigenvalue weighted by Gasteiger charge is -2.12. The Bertz CT molecular complexity index is 892. The van der Waals surface area contributed by atoms with Crippen LogP contribution in [0.2, 0.25) is 5.02 Å². The fourth-order valence-electron chi connectivity index (χ4n) is 1.88. The average molecular weight is 340 g/mol. The van der Waals surface area contributed by atoms with Crippen LogP contribution in [0.3, 0.4) is 0 Å². The third kappa shape index (κ3) is 3.03. The molecule has 0 radical (unpaired) electrons. The fraction of sp³-hybridized carbons (Fsp3) is 0.143. The van der Waals surface area contributed by atoms with Gasteiger partial charge in [0.15, 0.2) is 5.03 Å². The van der Waals surface area contributed by atoms with Gasteiger partial charge in [-0.15, -0.1) is 0 Å². The number of anilines is 1. The van der Waals surface area contributed by atoms with Crippen LogP contribution < -0.4 is 4.72 Å². The molecule has 0 bridgehead atoms.